The average Bonchev–Trinajstić information content (AvgIpc) is 3.78. The maximum Gasteiger partial charge on any atom is 0.137 e. The molecule has 0 bridgehead atoms. The van der Waals surface area contributed by atoms with Crippen LogP contribution in [0.3, 0.4) is 0 Å². The van der Waals surface area contributed by atoms with Gasteiger partial charge < -0.3 is 14.5 Å². The lowest BCUT2D eigenvalue weighted by atomic mass is 9.84. The first-order valence-electron chi connectivity index (χ1n) is 22.5. The molecular weight excluding hydrogens is 769 g/mol. The van der Waals surface area contributed by atoms with Crippen LogP contribution in [0.5, 0.6) is 11.5 Å². The van der Waals surface area contributed by atoms with Gasteiger partial charge in [0.25, 0.3) is 0 Å². The van der Waals surface area contributed by atoms with Crippen molar-refractivity contribution in [1.29, 1.82) is 0 Å². The number of anilines is 4. The number of hydrogen-bond donors (Lipinski definition) is 0. The van der Waals surface area contributed by atoms with Gasteiger partial charge >= 0.3 is 0 Å². The van der Waals surface area contributed by atoms with E-state index in [9.17, 15) is 0 Å². The highest BCUT2D eigenvalue weighted by Gasteiger charge is 2.32. The fraction of sp³-hybridized carbons (Fsp3) is 0.293. The van der Waals surface area contributed by atoms with Gasteiger partial charge in [-0.25, -0.2) is 4.98 Å². The first kappa shape index (κ1) is 42.0. The lowest BCUT2D eigenvalue weighted by Crippen LogP contribution is -2.25. The second-order valence-corrected chi connectivity index (χ2v) is 21.6. The molecule has 0 aliphatic carbocycles. The number of ether oxygens (including phenoxy) is 1. The average molecular weight is 831 g/mol. The minimum absolute atomic E-state index is 0.0107. The molecular formula is C58H62N4O. The van der Waals surface area contributed by atoms with Crippen molar-refractivity contribution in [1.82, 2.24) is 9.55 Å². The van der Waals surface area contributed by atoms with Gasteiger partial charge in [-0.05, 0) is 122 Å². The topological polar surface area (TPSA) is 33.5 Å². The molecule has 0 saturated heterocycles. The SMILES string of the molecule is CC(C)(C)c1cc(Oc2ccc3c4ccccc4n(-c4cc(C(C)(C)C)ccn4)c3c2)cc(N2CN(c3cc(-c4ccccc4)cc(C(C)(C)C)c3)c3ccc(C(C)(C)C)cc32)c1. The molecule has 5 nitrogen and oxygen atoms in total. The fourth-order valence-corrected chi connectivity index (χ4v) is 8.80. The molecule has 0 amide bonds. The number of fused-ring (bicyclic) bond motifs is 4. The Labute approximate surface area is 375 Å². The van der Waals surface area contributed by atoms with E-state index in [0.717, 1.165) is 34.0 Å². The number of aromatic nitrogens is 2. The second kappa shape index (κ2) is 15.2. The van der Waals surface area contributed by atoms with Crippen molar-refractivity contribution < 1.29 is 4.74 Å². The van der Waals surface area contributed by atoms with E-state index in [4.69, 9.17) is 9.72 Å². The Bertz CT molecular complexity index is 3000. The predicted molar refractivity (Wildman–Crippen MR) is 267 cm³/mol. The number of nitrogens with zero attached hydrogens (tertiary/aromatic N) is 4. The monoisotopic (exact) mass is 830 g/mol. The molecule has 320 valence electrons. The first-order chi connectivity index (χ1) is 29.7. The minimum atomic E-state index is -0.130. The fourth-order valence-electron chi connectivity index (χ4n) is 8.80. The summed E-state index contributed by atoms with van der Waals surface area (Å²) in [6, 6.07) is 51.2. The summed E-state index contributed by atoms with van der Waals surface area (Å²) in [5.74, 6) is 2.49. The third kappa shape index (κ3) is 8.10. The molecule has 0 N–H and O–H groups in total. The summed E-state index contributed by atoms with van der Waals surface area (Å²) in [5, 5.41) is 2.36. The lowest BCUT2D eigenvalue weighted by Gasteiger charge is -2.28. The van der Waals surface area contributed by atoms with Crippen LogP contribution in [0.15, 0.2) is 146 Å². The van der Waals surface area contributed by atoms with Crippen LogP contribution in [-0.4, -0.2) is 16.2 Å². The quantitative estimate of drug-likeness (QED) is 0.167. The van der Waals surface area contributed by atoms with E-state index in [1.54, 1.807) is 0 Å². The van der Waals surface area contributed by atoms with Crippen molar-refractivity contribution >= 4 is 44.6 Å². The Morgan fingerprint density at radius 1 is 0.429 bits per heavy atom. The number of para-hydroxylation sites is 1. The van der Waals surface area contributed by atoms with E-state index in [1.807, 2.05) is 6.20 Å². The molecule has 8 aromatic rings. The summed E-state index contributed by atoms with van der Waals surface area (Å²) in [4.78, 5) is 9.89. The highest BCUT2D eigenvalue weighted by atomic mass is 16.5. The van der Waals surface area contributed by atoms with Gasteiger partial charge in [-0.3, -0.25) is 4.57 Å². The first-order valence-corrected chi connectivity index (χ1v) is 22.5. The molecule has 9 rings (SSSR count). The summed E-state index contributed by atoms with van der Waals surface area (Å²) in [7, 11) is 0. The van der Waals surface area contributed by atoms with Crippen molar-refractivity contribution in [3.63, 3.8) is 0 Å². The molecule has 0 atom stereocenters. The van der Waals surface area contributed by atoms with Crippen molar-refractivity contribution in [2.75, 3.05) is 16.5 Å². The molecule has 0 fully saturated rings. The Morgan fingerprint density at radius 3 is 1.73 bits per heavy atom. The maximum absolute atomic E-state index is 7.01. The molecule has 0 radical (unpaired) electrons. The van der Waals surface area contributed by atoms with Crippen LogP contribution in [0.2, 0.25) is 0 Å². The largest absolute Gasteiger partial charge is 0.457 e. The van der Waals surface area contributed by atoms with Crippen LogP contribution in [-0.2, 0) is 21.7 Å². The molecule has 6 aromatic carbocycles. The molecule has 0 saturated carbocycles. The highest BCUT2D eigenvalue weighted by molar-refractivity contribution is 6.09. The smallest absolute Gasteiger partial charge is 0.137 e. The summed E-state index contributed by atoms with van der Waals surface area (Å²) in [5.41, 5.74) is 14.2. The number of hydrogen-bond acceptors (Lipinski definition) is 4. The highest BCUT2D eigenvalue weighted by Crippen LogP contribution is 2.49. The molecule has 2 aromatic heterocycles. The van der Waals surface area contributed by atoms with Crippen LogP contribution in [0, 0.1) is 0 Å². The Kier molecular flexibility index (Phi) is 10.1. The predicted octanol–water partition coefficient (Wildman–Crippen LogP) is 16.1. The van der Waals surface area contributed by atoms with Gasteiger partial charge in [-0.2, -0.15) is 0 Å². The Morgan fingerprint density at radius 2 is 1.03 bits per heavy atom. The van der Waals surface area contributed by atoms with E-state index >= 15 is 0 Å². The van der Waals surface area contributed by atoms with Crippen molar-refractivity contribution in [3.8, 4) is 28.4 Å². The third-order valence-electron chi connectivity index (χ3n) is 12.7. The van der Waals surface area contributed by atoms with Gasteiger partial charge in [0.15, 0.2) is 0 Å². The zero-order valence-corrected chi connectivity index (χ0v) is 39.3. The van der Waals surface area contributed by atoms with E-state index in [1.165, 1.54) is 61.2 Å². The molecule has 63 heavy (non-hydrogen) atoms. The zero-order chi connectivity index (χ0) is 44.6. The van der Waals surface area contributed by atoms with Crippen LogP contribution in [0.1, 0.15) is 105 Å². The van der Waals surface area contributed by atoms with Gasteiger partial charge in [0.1, 0.15) is 24.0 Å². The number of rotatable bonds is 6. The summed E-state index contributed by atoms with van der Waals surface area (Å²) in [6.07, 6.45) is 1.93. The molecule has 0 spiro atoms. The van der Waals surface area contributed by atoms with Gasteiger partial charge in [0.05, 0.1) is 22.4 Å². The maximum atomic E-state index is 7.01. The molecule has 3 heterocycles. The molecule has 1 aliphatic heterocycles. The van der Waals surface area contributed by atoms with Gasteiger partial charge in [-0.15, -0.1) is 0 Å². The minimum Gasteiger partial charge on any atom is -0.457 e. The second-order valence-electron chi connectivity index (χ2n) is 21.6. The Balaban J connectivity index is 1.17. The third-order valence-corrected chi connectivity index (χ3v) is 12.7. The lowest BCUT2D eigenvalue weighted by molar-refractivity contribution is 0.479. The van der Waals surface area contributed by atoms with Crippen LogP contribution >= 0.6 is 0 Å². The van der Waals surface area contributed by atoms with Gasteiger partial charge in [-0.1, -0.05) is 144 Å². The van der Waals surface area contributed by atoms with Crippen molar-refractivity contribution in [2.45, 2.75) is 105 Å². The van der Waals surface area contributed by atoms with E-state index < -0.39 is 0 Å². The Hall–Kier alpha value is -6.33. The van der Waals surface area contributed by atoms with E-state index in [0.29, 0.717) is 6.67 Å². The van der Waals surface area contributed by atoms with Crippen molar-refractivity contribution in [3.05, 3.63) is 168 Å². The van der Waals surface area contributed by atoms with E-state index in [2.05, 4.69) is 237 Å². The van der Waals surface area contributed by atoms with Gasteiger partial charge in [0, 0.05) is 40.5 Å². The van der Waals surface area contributed by atoms with Crippen LogP contribution in [0.4, 0.5) is 22.7 Å². The summed E-state index contributed by atoms with van der Waals surface area (Å²) < 4.78 is 9.29. The number of pyridine rings is 1. The summed E-state index contributed by atoms with van der Waals surface area (Å²) >= 11 is 0. The molecule has 0 unspecified atom stereocenters. The summed E-state index contributed by atoms with van der Waals surface area (Å²) in [6.45, 7) is 28.0. The van der Waals surface area contributed by atoms with Crippen LogP contribution in [0.25, 0.3) is 38.8 Å². The zero-order valence-electron chi connectivity index (χ0n) is 39.3. The van der Waals surface area contributed by atoms with Gasteiger partial charge in [0.2, 0.25) is 0 Å². The molecule has 1 aliphatic rings. The van der Waals surface area contributed by atoms with Crippen LogP contribution < -0.4 is 14.5 Å². The standard InChI is InChI=1S/C58H62N4O/c1-55(2,3)40-22-25-51-53(33-40)61(37-60(51)44-29-39(38-18-14-13-15-19-38)28-42(30-44)57(7,8)9)45-31-43(58(10,11)12)32-47(35-45)63-46-23-24-49-48-20-16-17-21-50(48)62(52(49)36-46)54-34-41(26-27-59-54)56(4,5)6/h13-36H,37H2,1-12H3. The normalized spacial score (nSPS) is 13.6. The van der Waals surface area contributed by atoms with Crippen molar-refractivity contribution in [2.24, 2.45) is 0 Å². The van der Waals surface area contributed by atoms with E-state index in [-0.39, 0.29) is 21.7 Å². The molecule has 5 heteroatoms. The number of benzene rings is 6.